The Bertz CT molecular complexity index is 218. The third kappa shape index (κ3) is 2.20. The molecule has 0 fully saturated rings. The molecule has 0 saturated carbocycles. The molecule has 0 amide bonds. The van der Waals surface area contributed by atoms with E-state index >= 15 is 0 Å². The lowest BCUT2D eigenvalue weighted by Crippen LogP contribution is -2.06. The van der Waals surface area contributed by atoms with Crippen LogP contribution in [0.15, 0.2) is 23.2 Å². The van der Waals surface area contributed by atoms with Crippen molar-refractivity contribution in [2.75, 3.05) is 6.26 Å². The Hall–Kier alpha value is -0.540. The van der Waals surface area contributed by atoms with Crippen molar-refractivity contribution in [1.29, 1.82) is 0 Å². The van der Waals surface area contributed by atoms with Crippen LogP contribution in [0, 0.1) is 0 Å². The Morgan fingerprint density at radius 1 is 1.55 bits per heavy atom. The average Bonchev–Trinajstić information content (AvgIpc) is 2.05. The molecule has 0 radical (unpaired) electrons. The number of nitrogens with zero attached hydrogens (tertiary/aromatic N) is 1. The van der Waals surface area contributed by atoms with Gasteiger partial charge in [0.1, 0.15) is 0 Å². The van der Waals surface area contributed by atoms with Gasteiger partial charge < -0.3 is 5.73 Å². The highest BCUT2D eigenvalue weighted by molar-refractivity contribution is 7.98. The molecule has 2 N–H and O–H groups in total. The van der Waals surface area contributed by atoms with Crippen LogP contribution in [0.3, 0.4) is 0 Å². The van der Waals surface area contributed by atoms with E-state index in [2.05, 4.69) is 4.98 Å². The van der Waals surface area contributed by atoms with Crippen LogP contribution in [-0.2, 0) is 0 Å². The first-order valence-corrected chi connectivity index (χ1v) is 4.72. The zero-order valence-corrected chi connectivity index (χ0v) is 7.56. The van der Waals surface area contributed by atoms with Gasteiger partial charge in [0.2, 0.25) is 0 Å². The monoisotopic (exact) mass is 168 g/mol. The molecule has 0 aliphatic carbocycles. The van der Waals surface area contributed by atoms with Crippen LogP contribution >= 0.6 is 11.8 Å². The molecule has 1 rings (SSSR count). The maximum absolute atomic E-state index is 5.64. The van der Waals surface area contributed by atoms with Crippen molar-refractivity contribution in [1.82, 2.24) is 4.98 Å². The van der Waals surface area contributed by atoms with E-state index in [0.29, 0.717) is 0 Å². The molecule has 2 nitrogen and oxygen atoms in total. The van der Waals surface area contributed by atoms with Gasteiger partial charge in [-0.25, -0.2) is 0 Å². The Labute approximate surface area is 71.2 Å². The fourth-order valence-corrected chi connectivity index (χ4v) is 1.14. The van der Waals surface area contributed by atoms with Crippen LogP contribution in [-0.4, -0.2) is 11.2 Å². The minimum absolute atomic E-state index is 0.0332. The number of rotatable bonds is 2. The second-order valence-electron chi connectivity index (χ2n) is 2.41. The normalized spacial score (nSPS) is 13.0. The van der Waals surface area contributed by atoms with E-state index in [1.807, 2.05) is 31.5 Å². The molecule has 0 aliphatic heterocycles. The van der Waals surface area contributed by atoms with Gasteiger partial charge in [0, 0.05) is 17.1 Å². The summed E-state index contributed by atoms with van der Waals surface area (Å²) in [5.74, 6) is 0. The van der Waals surface area contributed by atoms with Crippen molar-refractivity contribution in [3.8, 4) is 0 Å². The first kappa shape index (κ1) is 8.56. The van der Waals surface area contributed by atoms with Crippen LogP contribution in [0.25, 0.3) is 0 Å². The Morgan fingerprint density at radius 2 is 2.27 bits per heavy atom. The highest BCUT2D eigenvalue weighted by Crippen LogP contribution is 2.14. The van der Waals surface area contributed by atoms with Crippen LogP contribution in [0.5, 0.6) is 0 Å². The summed E-state index contributed by atoms with van der Waals surface area (Å²) >= 11 is 1.69. The number of aromatic nitrogens is 1. The molecule has 1 aromatic rings. The first-order chi connectivity index (χ1) is 5.24. The molecule has 0 saturated heterocycles. The molecule has 0 unspecified atom stereocenters. The van der Waals surface area contributed by atoms with Gasteiger partial charge in [-0.05, 0) is 25.3 Å². The van der Waals surface area contributed by atoms with Gasteiger partial charge in [-0.15, -0.1) is 11.8 Å². The molecule has 1 aromatic heterocycles. The zero-order chi connectivity index (χ0) is 8.27. The fraction of sp³-hybridized carbons (Fsp3) is 0.375. The number of hydrogen-bond donors (Lipinski definition) is 1. The number of hydrogen-bond acceptors (Lipinski definition) is 3. The lowest BCUT2D eigenvalue weighted by molar-refractivity contribution is 0.777. The molecule has 0 aliphatic rings. The van der Waals surface area contributed by atoms with E-state index in [1.165, 1.54) is 4.90 Å². The predicted molar refractivity (Wildman–Crippen MR) is 48.6 cm³/mol. The Morgan fingerprint density at radius 3 is 2.64 bits per heavy atom. The molecule has 0 aromatic carbocycles. The fourth-order valence-electron chi connectivity index (χ4n) is 0.782. The third-order valence-electron chi connectivity index (χ3n) is 1.46. The summed E-state index contributed by atoms with van der Waals surface area (Å²) in [6.07, 6.45) is 3.88. The van der Waals surface area contributed by atoms with Gasteiger partial charge in [0.05, 0.1) is 5.69 Å². The SMILES string of the molecule is CSc1ccc([C@H](C)N)nc1. The predicted octanol–water partition coefficient (Wildman–Crippen LogP) is 1.82. The molecular formula is C8H12N2S. The van der Waals surface area contributed by atoms with Crippen LogP contribution < -0.4 is 5.73 Å². The molecular weight excluding hydrogens is 156 g/mol. The van der Waals surface area contributed by atoms with Crippen LogP contribution in [0.2, 0.25) is 0 Å². The second-order valence-corrected chi connectivity index (χ2v) is 3.29. The third-order valence-corrected chi connectivity index (χ3v) is 2.17. The van der Waals surface area contributed by atoms with E-state index in [1.54, 1.807) is 11.8 Å². The summed E-state index contributed by atoms with van der Waals surface area (Å²) in [5, 5.41) is 0. The summed E-state index contributed by atoms with van der Waals surface area (Å²) in [4.78, 5) is 5.38. The minimum atomic E-state index is 0.0332. The molecule has 0 bridgehead atoms. The van der Waals surface area contributed by atoms with Gasteiger partial charge in [0.15, 0.2) is 0 Å². The Balaban J connectivity index is 2.83. The van der Waals surface area contributed by atoms with E-state index in [9.17, 15) is 0 Å². The highest BCUT2D eigenvalue weighted by atomic mass is 32.2. The number of thioether (sulfide) groups is 1. The molecule has 60 valence electrons. The smallest absolute Gasteiger partial charge is 0.0569 e. The zero-order valence-electron chi connectivity index (χ0n) is 6.74. The topological polar surface area (TPSA) is 38.9 Å². The van der Waals surface area contributed by atoms with Gasteiger partial charge in [0.25, 0.3) is 0 Å². The van der Waals surface area contributed by atoms with Crippen LogP contribution in [0.4, 0.5) is 0 Å². The van der Waals surface area contributed by atoms with Gasteiger partial charge in [-0.3, -0.25) is 4.98 Å². The van der Waals surface area contributed by atoms with E-state index in [0.717, 1.165) is 5.69 Å². The largest absolute Gasteiger partial charge is 0.323 e. The molecule has 11 heavy (non-hydrogen) atoms. The summed E-state index contributed by atoms with van der Waals surface area (Å²) in [7, 11) is 0. The van der Waals surface area contributed by atoms with Gasteiger partial charge in [-0.2, -0.15) is 0 Å². The summed E-state index contributed by atoms with van der Waals surface area (Å²) in [5.41, 5.74) is 6.58. The van der Waals surface area contributed by atoms with Crippen molar-refractivity contribution in [3.63, 3.8) is 0 Å². The van der Waals surface area contributed by atoms with Gasteiger partial charge in [-0.1, -0.05) is 0 Å². The molecule has 3 heteroatoms. The van der Waals surface area contributed by atoms with E-state index in [-0.39, 0.29) is 6.04 Å². The standard InChI is InChI=1S/C8H12N2S/c1-6(9)8-4-3-7(11-2)5-10-8/h3-6H,9H2,1-2H3/t6-/m0/s1. The van der Waals surface area contributed by atoms with Crippen LogP contribution in [0.1, 0.15) is 18.7 Å². The maximum Gasteiger partial charge on any atom is 0.0569 e. The van der Waals surface area contributed by atoms with Crippen molar-refractivity contribution in [2.45, 2.75) is 17.9 Å². The summed E-state index contributed by atoms with van der Waals surface area (Å²) in [6, 6.07) is 4.04. The first-order valence-electron chi connectivity index (χ1n) is 3.49. The molecule has 1 atom stereocenters. The van der Waals surface area contributed by atoms with Crippen molar-refractivity contribution < 1.29 is 0 Å². The van der Waals surface area contributed by atoms with E-state index < -0.39 is 0 Å². The van der Waals surface area contributed by atoms with E-state index in [4.69, 9.17) is 5.73 Å². The quantitative estimate of drug-likeness (QED) is 0.685. The Kier molecular flexibility index (Phi) is 2.91. The molecule has 0 spiro atoms. The molecule has 1 heterocycles. The number of nitrogens with two attached hydrogens (primary N) is 1. The van der Waals surface area contributed by atoms with Crippen molar-refractivity contribution in [3.05, 3.63) is 24.0 Å². The maximum atomic E-state index is 5.64. The summed E-state index contributed by atoms with van der Waals surface area (Å²) in [6.45, 7) is 1.93. The second kappa shape index (κ2) is 3.74. The van der Waals surface area contributed by atoms with Crippen molar-refractivity contribution >= 4 is 11.8 Å². The lowest BCUT2D eigenvalue weighted by Gasteiger charge is -2.03. The van der Waals surface area contributed by atoms with Gasteiger partial charge >= 0.3 is 0 Å². The highest BCUT2D eigenvalue weighted by Gasteiger charge is 1.98. The average molecular weight is 168 g/mol. The minimum Gasteiger partial charge on any atom is -0.323 e. The number of pyridine rings is 1. The summed E-state index contributed by atoms with van der Waals surface area (Å²) < 4.78 is 0. The lowest BCUT2D eigenvalue weighted by atomic mass is 10.2. The van der Waals surface area contributed by atoms with Crippen molar-refractivity contribution in [2.24, 2.45) is 5.73 Å².